The lowest BCUT2D eigenvalue weighted by atomic mass is 10.0. The van der Waals surface area contributed by atoms with Gasteiger partial charge in [0.05, 0.1) is 0 Å². The minimum atomic E-state index is -0.0783. The number of carbonyl (C=O) groups excluding carboxylic acids is 2. The number of piperazine rings is 1. The van der Waals surface area contributed by atoms with E-state index in [1.54, 1.807) is 18.2 Å². The number of nitrogens with one attached hydrogen (secondary N) is 1. The predicted octanol–water partition coefficient (Wildman–Crippen LogP) is 4.33. The number of aromatic nitrogens is 1. The Balaban J connectivity index is 1.19. The summed E-state index contributed by atoms with van der Waals surface area (Å²) in [7, 11) is 0. The molecule has 2 aliphatic heterocycles. The van der Waals surface area contributed by atoms with Gasteiger partial charge in [0.25, 0.3) is 0 Å². The number of rotatable bonds is 8. The largest absolute Gasteiger partial charge is 0.372 e. The standard InChI is InChI=1S/C30H34N4O2/c35-29(21-23-7-11-25(12-8-23)33-17-2-1-3-18-33)27-5-4-6-28(32-27)30(36)22-24-9-13-26(14-10-24)34-19-15-31-16-20-34/h4-14,31H,1-3,15-22H2. The first kappa shape index (κ1) is 24.2. The summed E-state index contributed by atoms with van der Waals surface area (Å²) in [6.45, 7) is 6.17. The van der Waals surface area contributed by atoms with E-state index in [2.05, 4.69) is 44.4 Å². The van der Waals surface area contributed by atoms with Gasteiger partial charge in [-0.1, -0.05) is 30.3 Å². The molecule has 2 aliphatic rings. The van der Waals surface area contributed by atoms with E-state index in [4.69, 9.17) is 0 Å². The second-order valence-electron chi connectivity index (χ2n) is 9.73. The molecule has 3 aromatic rings. The minimum Gasteiger partial charge on any atom is -0.372 e. The molecule has 0 saturated carbocycles. The van der Waals surface area contributed by atoms with Crippen LogP contribution in [0, 0.1) is 0 Å². The maximum Gasteiger partial charge on any atom is 0.185 e. The SMILES string of the molecule is O=C(Cc1ccc(N2CCCCC2)cc1)c1cccc(C(=O)Cc2ccc(N3CCNCC3)cc2)n1. The van der Waals surface area contributed by atoms with Gasteiger partial charge in [-0.2, -0.15) is 0 Å². The van der Waals surface area contributed by atoms with Crippen LogP contribution in [0.5, 0.6) is 0 Å². The van der Waals surface area contributed by atoms with Crippen LogP contribution in [-0.4, -0.2) is 55.8 Å². The Bertz CT molecular complexity index is 1090. The molecular weight excluding hydrogens is 448 g/mol. The van der Waals surface area contributed by atoms with Gasteiger partial charge >= 0.3 is 0 Å². The predicted molar refractivity (Wildman–Crippen MR) is 144 cm³/mol. The van der Waals surface area contributed by atoms with Gasteiger partial charge in [-0.15, -0.1) is 0 Å². The molecule has 2 fully saturated rings. The van der Waals surface area contributed by atoms with E-state index in [9.17, 15) is 9.59 Å². The number of Topliss-reactive ketones (excluding diaryl/α,β-unsaturated/α-hetero) is 2. The summed E-state index contributed by atoms with van der Waals surface area (Å²) in [5, 5.41) is 3.36. The van der Waals surface area contributed by atoms with Crippen LogP contribution in [0.25, 0.3) is 0 Å². The molecule has 186 valence electrons. The number of nitrogens with zero attached hydrogens (tertiary/aromatic N) is 3. The van der Waals surface area contributed by atoms with Crippen molar-refractivity contribution in [1.82, 2.24) is 10.3 Å². The molecule has 0 aliphatic carbocycles. The van der Waals surface area contributed by atoms with Crippen LogP contribution in [0.2, 0.25) is 0 Å². The first-order chi connectivity index (χ1) is 17.7. The molecule has 0 unspecified atom stereocenters. The molecule has 2 aromatic carbocycles. The molecular formula is C30H34N4O2. The van der Waals surface area contributed by atoms with Crippen LogP contribution in [0.4, 0.5) is 11.4 Å². The van der Waals surface area contributed by atoms with Crippen molar-refractivity contribution in [2.75, 3.05) is 49.1 Å². The van der Waals surface area contributed by atoms with Gasteiger partial charge < -0.3 is 15.1 Å². The van der Waals surface area contributed by atoms with E-state index in [0.29, 0.717) is 11.4 Å². The number of ketones is 2. The van der Waals surface area contributed by atoms with Gasteiger partial charge in [-0.05, 0) is 66.8 Å². The van der Waals surface area contributed by atoms with Crippen molar-refractivity contribution in [1.29, 1.82) is 0 Å². The number of benzene rings is 2. The maximum atomic E-state index is 12.9. The normalized spacial score (nSPS) is 16.1. The Kier molecular flexibility index (Phi) is 7.72. The molecule has 0 spiro atoms. The van der Waals surface area contributed by atoms with Gasteiger partial charge in [0, 0.05) is 63.5 Å². The summed E-state index contributed by atoms with van der Waals surface area (Å²) < 4.78 is 0. The Labute approximate surface area is 213 Å². The molecule has 0 radical (unpaired) electrons. The summed E-state index contributed by atoms with van der Waals surface area (Å²) in [6, 6.07) is 21.6. The van der Waals surface area contributed by atoms with Crippen molar-refractivity contribution in [2.45, 2.75) is 32.1 Å². The van der Waals surface area contributed by atoms with Gasteiger partial charge in [0.1, 0.15) is 11.4 Å². The molecule has 0 atom stereocenters. The van der Waals surface area contributed by atoms with E-state index < -0.39 is 0 Å². The summed E-state index contributed by atoms with van der Waals surface area (Å²) in [5.74, 6) is -0.152. The number of anilines is 2. The number of hydrogen-bond donors (Lipinski definition) is 1. The summed E-state index contributed by atoms with van der Waals surface area (Å²) in [5.41, 5.74) is 5.00. The van der Waals surface area contributed by atoms with Gasteiger partial charge in [0.15, 0.2) is 11.6 Å². The third-order valence-corrected chi connectivity index (χ3v) is 7.13. The van der Waals surface area contributed by atoms with Gasteiger partial charge in [0.2, 0.25) is 0 Å². The summed E-state index contributed by atoms with van der Waals surface area (Å²) >= 11 is 0. The van der Waals surface area contributed by atoms with Gasteiger partial charge in [-0.3, -0.25) is 9.59 Å². The molecule has 0 amide bonds. The fourth-order valence-corrected chi connectivity index (χ4v) is 5.02. The van der Waals surface area contributed by atoms with Crippen LogP contribution < -0.4 is 15.1 Å². The Morgan fingerprint density at radius 1 is 0.639 bits per heavy atom. The van der Waals surface area contributed by atoms with Crippen molar-refractivity contribution in [3.8, 4) is 0 Å². The maximum absolute atomic E-state index is 12.9. The van der Waals surface area contributed by atoms with E-state index in [1.807, 2.05) is 24.3 Å². The zero-order valence-corrected chi connectivity index (χ0v) is 20.8. The molecule has 36 heavy (non-hydrogen) atoms. The van der Waals surface area contributed by atoms with Crippen LogP contribution in [0.15, 0.2) is 66.7 Å². The topological polar surface area (TPSA) is 65.5 Å². The molecule has 2 saturated heterocycles. The number of piperidine rings is 1. The van der Waals surface area contributed by atoms with Crippen LogP contribution in [-0.2, 0) is 12.8 Å². The number of hydrogen-bond acceptors (Lipinski definition) is 6. The quantitative estimate of drug-likeness (QED) is 0.482. The smallest absolute Gasteiger partial charge is 0.185 e. The van der Waals surface area contributed by atoms with Crippen LogP contribution in [0.1, 0.15) is 51.4 Å². The molecule has 0 bridgehead atoms. The lowest BCUT2D eigenvalue weighted by Gasteiger charge is -2.29. The summed E-state index contributed by atoms with van der Waals surface area (Å²) in [4.78, 5) is 35.0. The second kappa shape index (κ2) is 11.5. The van der Waals surface area contributed by atoms with Crippen LogP contribution in [0.3, 0.4) is 0 Å². The van der Waals surface area contributed by atoms with E-state index in [1.165, 1.54) is 30.6 Å². The second-order valence-corrected chi connectivity index (χ2v) is 9.73. The van der Waals surface area contributed by atoms with Gasteiger partial charge in [-0.25, -0.2) is 4.98 Å². The van der Waals surface area contributed by atoms with Crippen molar-refractivity contribution in [3.63, 3.8) is 0 Å². The average Bonchev–Trinajstić information content (AvgIpc) is 2.95. The van der Waals surface area contributed by atoms with E-state index in [0.717, 1.165) is 50.4 Å². The highest BCUT2D eigenvalue weighted by Crippen LogP contribution is 2.21. The Hall–Kier alpha value is -3.51. The third kappa shape index (κ3) is 6.00. The summed E-state index contributed by atoms with van der Waals surface area (Å²) in [6.07, 6.45) is 4.33. The molecule has 6 nitrogen and oxygen atoms in total. The lowest BCUT2D eigenvalue weighted by molar-refractivity contribution is 0.0984. The lowest BCUT2D eigenvalue weighted by Crippen LogP contribution is -2.43. The van der Waals surface area contributed by atoms with Crippen molar-refractivity contribution in [3.05, 3.63) is 89.2 Å². The molecule has 6 heteroatoms. The fraction of sp³-hybridized carbons (Fsp3) is 0.367. The molecule has 5 rings (SSSR count). The van der Waals surface area contributed by atoms with Crippen LogP contribution >= 0.6 is 0 Å². The Morgan fingerprint density at radius 3 is 1.61 bits per heavy atom. The average molecular weight is 483 g/mol. The highest BCUT2D eigenvalue weighted by Gasteiger charge is 2.16. The fourth-order valence-electron chi connectivity index (χ4n) is 5.02. The van der Waals surface area contributed by atoms with Crippen molar-refractivity contribution in [2.24, 2.45) is 0 Å². The number of pyridine rings is 1. The minimum absolute atomic E-state index is 0.0734. The number of carbonyl (C=O) groups is 2. The molecule has 1 N–H and O–H groups in total. The molecule has 1 aromatic heterocycles. The highest BCUT2D eigenvalue weighted by molar-refractivity contribution is 5.99. The van der Waals surface area contributed by atoms with E-state index in [-0.39, 0.29) is 24.4 Å². The van der Waals surface area contributed by atoms with Crippen molar-refractivity contribution >= 4 is 22.9 Å². The first-order valence-electron chi connectivity index (χ1n) is 13.1. The highest BCUT2D eigenvalue weighted by atomic mass is 16.1. The Morgan fingerprint density at radius 2 is 1.11 bits per heavy atom. The first-order valence-corrected chi connectivity index (χ1v) is 13.1. The zero-order valence-electron chi connectivity index (χ0n) is 20.8. The monoisotopic (exact) mass is 482 g/mol. The third-order valence-electron chi connectivity index (χ3n) is 7.13. The molecule has 3 heterocycles. The zero-order chi connectivity index (χ0) is 24.7. The van der Waals surface area contributed by atoms with Crippen molar-refractivity contribution < 1.29 is 9.59 Å². The van der Waals surface area contributed by atoms with E-state index >= 15 is 0 Å².